The van der Waals surface area contributed by atoms with E-state index in [1.54, 1.807) is 0 Å². The summed E-state index contributed by atoms with van der Waals surface area (Å²) in [5.41, 5.74) is 2.01. The zero-order valence-corrected chi connectivity index (χ0v) is 21.0. The molecule has 2 aromatic rings. The van der Waals surface area contributed by atoms with E-state index in [0.29, 0.717) is 29.8 Å². The lowest BCUT2D eigenvalue weighted by atomic mass is 9.74. The molecule has 1 aromatic heterocycles. The number of benzene rings is 1. The van der Waals surface area contributed by atoms with Crippen molar-refractivity contribution in [3.8, 4) is 0 Å². The fourth-order valence-electron chi connectivity index (χ4n) is 3.62. The van der Waals surface area contributed by atoms with Crippen molar-refractivity contribution in [3.63, 3.8) is 0 Å². The van der Waals surface area contributed by atoms with Crippen molar-refractivity contribution >= 4 is 53.1 Å². The third-order valence-electron chi connectivity index (χ3n) is 5.24. The summed E-state index contributed by atoms with van der Waals surface area (Å²) in [5, 5.41) is 8.09. The molecular formula is C22H29Cl2IN4O. The molecule has 30 heavy (non-hydrogen) atoms. The molecule has 1 aliphatic heterocycles. The highest BCUT2D eigenvalue weighted by Gasteiger charge is 2.36. The number of halogens is 3. The average Bonchev–Trinajstić information content (AvgIpc) is 2.73. The van der Waals surface area contributed by atoms with Crippen molar-refractivity contribution in [1.29, 1.82) is 0 Å². The molecule has 1 saturated heterocycles. The number of rotatable bonds is 7. The molecule has 8 heteroatoms. The van der Waals surface area contributed by atoms with Crippen LogP contribution < -0.4 is 10.6 Å². The van der Waals surface area contributed by atoms with Crippen LogP contribution in [0.5, 0.6) is 0 Å². The van der Waals surface area contributed by atoms with E-state index in [9.17, 15) is 0 Å². The monoisotopic (exact) mass is 562 g/mol. The molecule has 0 bridgehead atoms. The number of aromatic nitrogens is 1. The minimum atomic E-state index is -0.150. The maximum atomic E-state index is 6.57. The van der Waals surface area contributed by atoms with Crippen molar-refractivity contribution in [3.05, 3.63) is 63.9 Å². The van der Waals surface area contributed by atoms with Gasteiger partial charge in [0.2, 0.25) is 0 Å². The van der Waals surface area contributed by atoms with Crippen LogP contribution in [0.2, 0.25) is 10.0 Å². The Balaban J connectivity index is 0.00000320. The zero-order valence-electron chi connectivity index (χ0n) is 17.2. The van der Waals surface area contributed by atoms with Crippen molar-refractivity contribution in [2.24, 2.45) is 4.99 Å². The van der Waals surface area contributed by atoms with Crippen molar-refractivity contribution in [1.82, 2.24) is 15.6 Å². The molecule has 5 nitrogen and oxygen atoms in total. The molecule has 1 aliphatic rings. The number of pyridine rings is 1. The van der Waals surface area contributed by atoms with Gasteiger partial charge in [-0.25, -0.2) is 0 Å². The summed E-state index contributed by atoms with van der Waals surface area (Å²) >= 11 is 12.7. The van der Waals surface area contributed by atoms with E-state index in [1.165, 1.54) is 0 Å². The van der Waals surface area contributed by atoms with Crippen molar-refractivity contribution in [2.45, 2.75) is 31.6 Å². The molecule has 0 amide bonds. The molecule has 2 N–H and O–H groups in total. The Kier molecular flexibility index (Phi) is 10.6. The summed E-state index contributed by atoms with van der Waals surface area (Å²) in [6.07, 6.45) is 4.42. The summed E-state index contributed by atoms with van der Waals surface area (Å²) in [5.74, 6) is 0.805. The topological polar surface area (TPSA) is 58.5 Å². The lowest BCUT2D eigenvalue weighted by Gasteiger charge is -2.37. The van der Waals surface area contributed by atoms with Gasteiger partial charge in [0.05, 0.1) is 6.54 Å². The SMILES string of the molecule is CCNC(=NCC1(c2ccc(Cl)cc2Cl)CCOCC1)NCCc1ccccn1.I. The first kappa shape index (κ1) is 25.2. The second-order valence-corrected chi connectivity index (χ2v) is 8.05. The predicted molar refractivity (Wildman–Crippen MR) is 136 cm³/mol. The molecule has 2 heterocycles. The van der Waals surface area contributed by atoms with Gasteiger partial charge in [0.1, 0.15) is 0 Å². The van der Waals surface area contributed by atoms with Crippen molar-refractivity contribution in [2.75, 3.05) is 32.8 Å². The number of guanidine groups is 1. The van der Waals surface area contributed by atoms with E-state index in [4.69, 9.17) is 32.9 Å². The van der Waals surface area contributed by atoms with Crippen LogP contribution in [0.15, 0.2) is 47.6 Å². The number of aliphatic imine (C=N–C) groups is 1. The molecular weight excluding hydrogens is 534 g/mol. The molecule has 0 spiro atoms. The Morgan fingerprint density at radius 3 is 2.63 bits per heavy atom. The second kappa shape index (κ2) is 12.7. The number of ether oxygens (including phenoxy) is 1. The number of hydrogen-bond donors (Lipinski definition) is 2. The summed E-state index contributed by atoms with van der Waals surface area (Å²) in [4.78, 5) is 9.28. The predicted octanol–water partition coefficient (Wildman–Crippen LogP) is 4.85. The lowest BCUT2D eigenvalue weighted by Crippen LogP contribution is -2.42. The van der Waals surface area contributed by atoms with E-state index in [1.807, 2.05) is 42.6 Å². The minimum absolute atomic E-state index is 0. The van der Waals surface area contributed by atoms with Gasteiger partial charge in [0.25, 0.3) is 0 Å². The van der Waals surface area contributed by atoms with Gasteiger partial charge in [0.15, 0.2) is 5.96 Å². The molecule has 0 aliphatic carbocycles. The highest BCUT2D eigenvalue weighted by molar-refractivity contribution is 14.0. The highest BCUT2D eigenvalue weighted by atomic mass is 127. The Labute approximate surface area is 206 Å². The summed E-state index contributed by atoms with van der Waals surface area (Å²) in [6.45, 7) is 5.68. The maximum absolute atomic E-state index is 6.57. The standard InChI is InChI=1S/C22H28Cl2N4O.HI/c1-2-25-21(27-12-8-18-5-3-4-11-26-18)28-16-22(9-13-29-14-10-22)19-7-6-17(23)15-20(19)24;/h3-7,11,15H,2,8-10,12-14,16H2,1H3,(H2,25,27,28);1H. The van der Waals surface area contributed by atoms with E-state index in [-0.39, 0.29) is 29.4 Å². The lowest BCUT2D eigenvalue weighted by molar-refractivity contribution is 0.0531. The van der Waals surface area contributed by atoms with Crippen LogP contribution in [0, 0.1) is 0 Å². The molecule has 164 valence electrons. The van der Waals surface area contributed by atoms with Crippen LogP contribution in [0.3, 0.4) is 0 Å². The summed E-state index contributed by atoms with van der Waals surface area (Å²) < 4.78 is 5.62. The Bertz CT molecular complexity index is 814. The quantitative estimate of drug-likeness (QED) is 0.288. The van der Waals surface area contributed by atoms with Crippen LogP contribution in [0.4, 0.5) is 0 Å². The van der Waals surface area contributed by atoms with Gasteiger partial charge in [0, 0.05) is 60.1 Å². The van der Waals surface area contributed by atoms with E-state index >= 15 is 0 Å². The average molecular weight is 563 g/mol. The van der Waals surface area contributed by atoms with E-state index in [0.717, 1.165) is 49.6 Å². The highest BCUT2D eigenvalue weighted by Crippen LogP contribution is 2.39. The van der Waals surface area contributed by atoms with Gasteiger partial charge < -0.3 is 15.4 Å². The fraction of sp³-hybridized carbons (Fsp3) is 0.455. The molecule has 0 saturated carbocycles. The smallest absolute Gasteiger partial charge is 0.191 e. The first-order valence-electron chi connectivity index (χ1n) is 10.1. The third-order valence-corrected chi connectivity index (χ3v) is 5.78. The van der Waals surface area contributed by atoms with E-state index in [2.05, 4.69) is 22.5 Å². The molecule has 0 radical (unpaired) electrons. The van der Waals surface area contributed by atoms with Crippen LogP contribution in [-0.4, -0.2) is 43.8 Å². The van der Waals surface area contributed by atoms with Gasteiger partial charge >= 0.3 is 0 Å². The largest absolute Gasteiger partial charge is 0.381 e. The van der Waals surface area contributed by atoms with E-state index < -0.39 is 0 Å². The molecule has 0 unspecified atom stereocenters. The van der Waals surface area contributed by atoms with Crippen LogP contribution in [0.25, 0.3) is 0 Å². The van der Waals surface area contributed by atoms with Crippen LogP contribution in [0.1, 0.15) is 31.0 Å². The minimum Gasteiger partial charge on any atom is -0.381 e. The Hall–Kier alpha value is -1.09. The fourth-order valence-corrected chi connectivity index (χ4v) is 4.23. The summed E-state index contributed by atoms with van der Waals surface area (Å²) in [7, 11) is 0. The Morgan fingerprint density at radius 1 is 1.17 bits per heavy atom. The zero-order chi connectivity index (χ0) is 20.5. The van der Waals surface area contributed by atoms with Gasteiger partial charge in [-0.15, -0.1) is 24.0 Å². The third kappa shape index (κ3) is 6.97. The molecule has 1 fully saturated rings. The first-order chi connectivity index (χ1) is 14.1. The van der Waals surface area contributed by atoms with Gasteiger partial charge in [-0.05, 0) is 49.6 Å². The maximum Gasteiger partial charge on any atom is 0.191 e. The first-order valence-corrected chi connectivity index (χ1v) is 10.8. The molecule has 0 atom stereocenters. The molecule has 3 rings (SSSR count). The molecule has 1 aromatic carbocycles. The number of hydrogen-bond acceptors (Lipinski definition) is 3. The number of nitrogens with one attached hydrogen (secondary N) is 2. The van der Waals surface area contributed by atoms with Crippen LogP contribution >= 0.6 is 47.2 Å². The normalized spacial score (nSPS) is 15.9. The Morgan fingerprint density at radius 2 is 1.97 bits per heavy atom. The number of nitrogens with zero attached hydrogens (tertiary/aromatic N) is 2. The van der Waals surface area contributed by atoms with Crippen molar-refractivity contribution < 1.29 is 4.74 Å². The van der Waals surface area contributed by atoms with Crippen LogP contribution in [-0.2, 0) is 16.6 Å². The van der Waals surface area contributed by atoms with Gasteiger partial charge in [-0.2, -0.15) is 0 Å². The summed E-state index contributed by atoms with van der Waals surface area (Å²) in [6, 6.07) is 11.7. The second-order valence-electron chi connectivity index (χ2n) is 7.21. The van der Waals surface area contributed by atoms with Gasteiger partial charge in [-0.3, -0.25) is 9.98 Å². The van der Waals surface area contributed by atoms with Gasteiger partial charge in [-0.1, -0.05) is 35.3 Å².